The molecule has 0 saturated carbocycles. The zero-order valence-corrected chi connectivity index (χ0v) is 13.7. The molecule has 0 saturated heterocycles. The molecule has 0 amide bonds. The van der Waals surface area contributed by atoms with Gasteiger partial charge in [0.2, 0.25) is 0 Å². The van der Waals surface area contributed by atoms with Crippen LogP contribution in [0, 0.1) is 6.07 Å². The third kappa shape index (κ3) is 2.05. The van der Waals surface area contributed by atoms with Crippen molar-refractivity contribution in [1.82, 2.24) is 0 Å². The molecule has 0 bridgehead atoms. The Labute approximate surface area is 125 Å². The first kappa shape index (κ1) is 13.8. The summed E-state index contributed by atoms with van der Waals surface area (Å²) >= 11 is 0. The van der Waals surface area contributed by atoms with Gasteiger partial charge in [-0.05, 0) is 11.1 Å². The van der Waals surface area contributed by atoms with Gasteiger partial charge in [0.1, 0.15) is 0 Å². The first-order valence-electron chi connectivity index (χ1n) is 6.19. The van der Waals surface area contributed by atoms with Crippen molar-refractivity contribution < 1.29 is 21.7 Å². The van der Waals surface area contributed by atoms with Crippen LogP contribution in [0.5, 0.6) is 0 Å². The molecule has 2 heteroatoms. The molecule has 2 aromatic carbocycles. The first-order valence-corrected chi connectivity index (χ1v) is 9.76. The summed E-state index contributed by atoms with van der Waals surface area (Å²) in [5, 5.41) is 0. The van der Waals surface area contributed by atoms with Gasteiger partial charge in [-0.3, -0.25) is 0 Å². The van der Waals surface area contributed by atoms with Crippen molar-refractivity contribution in [3.05, 3.63) is 59.7 Å². The maximum absolute atomic E-state index is 3.49. The zero-order valence-electron chi connectivity index (χ0n) is 11.1. The number of hydrogen-bond acceptors (Lipinski definition) is 0. The number of hydrogen-bond donors (Lipinski definition) is 0. The van der Waals surface area contributed by atoms with E-state index in [4.69, 9.17) is 0 Å². The average molecular weight is 285 g/mol. The third-order valence-corrected chi connectivity index (χ3v) is 5.94. The third-order valence-electron chi connectivity index (χ3n) is 3.60. The maximum Gasteiger partial charge on any atom is 0.0546 e. The van der Waals surface area contributed by atoms with Crippen molar-refractivity contribution in [2.75, 3.05) is 0 Å². The molecule has 0 heterocycles. The summed E-state index contributed by atoms with van der Waals surface area (Å²) < 4.78 is 0. The molecule has 1 atom stereocenters. The van der Waals surface area contributed by atoms with E-state index >= 15 is 0 Å². The van der Waals surface area contributed by atoms with Crippen LogP contribution in [0.1, 0.15) is 16.7 Å². The molecular formula is C16H17SiTi-. The Morgan fingerprint density at radius 2 is 1.61 bits per heavy atom. The number of rotatable bonds is 1. The molecule has 0 radical (unpaired) electrons. The monoisotopic (exact) mass is 285 g/mol. The Balaban J connectivity index is 0.00000120. The largest absolute Gasteiger partial charge is 0.179 e. The molecule has 1 unspecified atom stereocenters. The van der Waals surface area contributed by atoms with E-state index in [9.17, 15) is 0 Å². The van der Waals surface area contributed by atoms with E-state index < -0.39 is 8.07 Å². The van der Waals surface area contributed by atoms with Crippen LogP contribution in [0.4, 0.5) is 0 Å². The summed E-state index contributed by atoms with van der Waals surface area (Å²) in [6.07, 6.45) is 0. The van der Waals surface area contributed by atoms with Crippen LogP contribution in [0.2, 0.25) is 19.6 Å². The van der Waals surface area contributed by atoms with Crippen LogP contribution < -0.4 is 0 Å². The predicted octanol–water partition coefficient (Wildman–Crippen LogP) is 4.47. The van der Waals surface area contributed by atoms with Gasteiger partial charge in [0.15, 0.2) is 0 Å². The second kappa shape index (κ2) is 4.81. The molecule has 2 aromatic rings. The van der Waals surface area contributed by atoms with Crippen molar-refractivity contribution in [1.29, 1.82) is 0 Å². The molecule has 3 rings (SSSR count). The van der Waals surface area contributed by atoms with E-state index in [1.807, 2.05) is 0 Å². The quantitative estimate of drug-likeness (QED) is 0.535. The Hall–Kier alpha value is -0.629. The topological polar surface area (TPSA) is 0 Å². The van der Waals surface area contributed by atoms with Crippen LogP contribution in [0.15, 0.2) is 42.5 Å². The minimum absolute atomic E-state index is 0. The molecular weight excluding hydrogens is 268 g/mol. The summed E-state index contributed by atoms with van der Waals surface area (Å²) in [5.74, 6) is 0. The van der Waals surface area contributed by atoms with E-state index in [1.54, 1.807) is 0 Å². The van der Waals surface area contributed by atoms with Crippen LogP contribution in [-0.4, -0.2) is 8.07 Å². The molecule has 0 aromatic heterocycles. The molecule has 90 valence electrons. The molecule has 1 aliphatic carbocycles. The van der Waals surface area contributed by atoms with Gasteiger partial charge in [-0.15, -0.1) is 11.1 Å². The van der Waals surface area contributed by atoms with Gasteiger partial charge in [-0.25, -0.2) is 0 Å². The molecule has 1 aliphatic rings. The van der Waals surface area contributed by atoms with Crippen molar-refractivity contribution >= 4 is 8.07 Å². The van der Waals surface area contributed by atoms with Crippen LogP contribution in [0.25, 0.3) is 11.1 Å². The van der Waals surface area contributed by atoms with E-state index in [0.717, 1.165) is 0 Å². The summed E-state index contributed by atoms with van der Waals surface area (Å²) in [4.78, 5) is 0. The van der Waals surface area contributed by atoms with Gasteiger partial charge >= 0.3 is 0 Å². The second-order valence-corrected chi connectivity index (χ2v) is 11.2. The van der Waals surface area contributed by atoms with E-state index in [1.165, 1.54) is 22.3 Å². The number of fused-ring (bicyclic) bond motifs is 3. The van der Waals surface area contributed by atoms with Crippen molar-refractivity contribution in [3.8, 4) is 11.1 Å². The first-order chi connectivity index (χ1) is 8.09. The molecule has 18 heavy (non-hydrogen) atoms. The standard InChI is InChI=1S/C16H17Si.Ti/c1-17(2,3)16-14-10-6-4-8-12(14)13-9-5-7-11-15(13)16;/h4-10,16H,1-3H3;/q-1;. The normalized spacial score (nSPS) is 16.7. The van der Waals surface area contributed by atoms with Crippen LogP contribution in [-0.2, 0) is 21.7 Å². The fraction of sp³-hybridized carbons (Fsp3) is 0.250. The Bertz CT molecular complexity index is 524. The second-order valence-electron chi connectivity index (χ2n) is 5.88. The predicted molar refractivity (Wildman–Crippen MR) is 75.9 cm³/mol. The molecule has 0 N–H and O–H groups in total. The Kier molecular flexibility index (Phi) is 3.68. The van der Waals surface area contributed by atoms with Gasteiger partial charge in [-0.2, -0.15) is 24.3 Å². The summed E-state index contributed by atoms with van der Waals surface area (Å²) in [6.45, 7) is 7.35. The van der Waals surface area contributed by atoms with Crippen molar-refractivity contribution in [2.45, 2.75) is 25.2 Å². The number of benzene rings is 2. The molecule has 0 spiro atoms. The van der Waals surface area contributed by atoms with Gasteiger partial charge in [0.05, 0.1) is 8.07 Å². The summed E-state index contributed by atoms with van der Waals surface area (Å²) in [5.41, 5.74) is 6.37. The summed E-state index contributed by atoms with van der Waals surface area (Å²) in [7, 11) is -1.26. The molecule has 0 aliphatic heterocycles. The van der Waals surface area contributed by atoms with Gasteiger partial charge in [0, 0.05) is 21.7 Å². The smallest absolute Gasteiger partial charge is 0.0546 e. The Morgan fingerprint density at radius 3 is 2.33 bits per heavy atom. The fourth-order valence-corrected chi connectivity index (χ4v) is 5.26. The van der Waals surface area contributed by atoms with Crippen LogP contribution >= 0.6 is 0 Å². The van der Waals surface area contributed by atoms with Gasteiger partial charge < -0.3 is 0 Å². The van der Waals surface area contributed by atoms with E-state index in [0.29, 0.717) is 5.54 Å². The SMILES string of the molecule is C[Si](C)(C)C1c2[c-]cccc2-c2ccccc21.[Ti]. The van der Waals surface area contributed by atoms with E-state index in [-0.39, 0.29) is 21.7 Å². The van der Waals surface area contributed by atoms with Crippen molar-refractivity contribution in [2.24, 2.45) is 0 Å². The minimum atomic E-state index is -1.26. The average Bonchev–Trinajstić information content (AvgIpc) is 2.63. The minimum Gasteiger partial charge on any atom is -0.179 e. The van der Waals surface area contributed by atoms with Crippen molar-refractivity contribution in [3.63, 3.8) is 0 Å². The maximum atomic E-state index is 3.49. The van der Waals surface area contributed by atoms with Gasteiger partial charge in [-0.1, -0.05) is 49.5 Å². The molecule has 0 fully saturated rings. The summed E-state index contributed by atoms with van der Waals surface area (Å²) in [6, 6.07) is 18.7. The molecule has 0 nitrogen and oxygen atoms in total. The fourth-order valence-electron chi connectivity index (χ4n) is 2.97. The van der Waals surface area contributed by atoms with Gasteiger partial charge in [0.25, 0.3) is 0 Å². The van der Waals surface area contributed by atoms with E-state index in [2.05, 4.69) is 68.2 Å². The Morgan fingerprint density at radius 1 is 0.944 bits per heavy atom. The zero-order chi connectivity index (χ0) is 12.0. The van der Waals surface area contributed by atoms with Crippen LogP contribution in [0.3, 0.4) is 0 Å².